The van der Waals surface area contributed by atoms with Crippen molar-refractivity contribution in [2.24, 2.45) is 7.05 Å². The predicted octanol–water partition coefficient (Wildman–Crippen LogP) is 2.24. The van der Waals surface area contributed by atoms with E-state index in [1.54, 1.807) is 17.0 Å². The largest absolute Gasteiger partial charge is 0.348 e. The minimum atomic E-state index is -0.291. The Bertz CT molecular complexity index is 703. The lowest BCUT2D eigenvalue weighted by molar-refractivity contribution is -0.121. The molecule has 1 amide bonds. The van der Waals surface area contributed by atoms with Crippen molar-refractivity contribution >= 4 is 17.7 Å². The SMILES string of the molecule is C[C@H](Sc1nncn1C)C(=O)N[C@H]1CCc2c(F)cccc21. The van der Waals surface area contributed by atoms with Crippen molar-refractivity contribution in [3.05, 3.63) is 41.5 Å². The van der Waals surface area contributed by atoms with Crippen molar-refractivity contribution in [1.82, 2.24) is 20.1 Å². The number of nitrogens with zero attached hydrogens (tertiary/aromatic N) is 3. The first kappa shape index (κ1) is 15.0. The first-order chi connectivity index (χ1) is 10.6. The second-order valence-corrected chi connectivity index (χ2v) is 6.70. The molecule has 0 saturated heterocycles. The van der Waals surface area contributed by atoms with Crippen molar-refractivity contribution in [2.75, 3.05) is 0 Å². The monoisotopic (exact) mass is 320 g/mol. The van der Waals surface area contributed by atoms with Crippen LogP contribution in [0.4, 0.5) is 4.39 Å². The summed E-state index contributed by atoms with van der Waals surface area (Å²) >= 11 is 1.36. The van der Waals surface area contributed by atoms with Crippen LogP contribution in [-0.2, 0) is 18.3 Å². The van der Waals surface area contributed by atoms with E-state index in [0.29, 0.717) is 11.6 Å². The lowest BCUT2D eigenvalue weighted by atomic mass is 10.1. The van der Waals surface area contributed by atoms with Crippen LogP contribution in [0, 0.1) is 5.82 Å². The van der Waals surface area contributed by atoms with Crippen LogP contribution in [0.1, 0.15) is 30.5 Å². The second kappa shape index (κ2) is 6.08. The van der Waals surface area contributed by atoms with Crippen LogP contribution in [0.2, 0.25) is 0 Å². The number of amides is 1. The summed E-state index contributed by atoms with van der Waals surface area (Å²) in [5.74, 6) is -0.258. The van der Waals surface area contributed by atoms with Crippen molar-refractivity contribution in [2.45, 2.75) is 36.2 Å². The maximum Gasteiger partial charge on any atom is 0.233 e. The number of carbonyl (C=O) groups is 1. The number of halogens is 1. The molecule has 0 bridgehead atoms. The average molecular weight is 320 g/mol. The Morgan fingerprint density at radius 3 is 3.09 bits per heavy atom. The highest BCUT2D eigenvalue weighted by molar-refractivity contribution is 8.00. The fraction of sp³-hybridized carbons (Fsp3) is 0.400. The Hall–Kier alpha value is -1.89. The molecule has 7 heteroatoms. The summed E-state index contributed by atoms with van der Waals surface area (Å²) in [5.41, 5.74) is 1.62. The Labute approximate surface area is 132 Å². The van der Waals surface area contributed by atoms with Gasteiger partial charge in [-0.1, -0.05) is 23.9 Å². The summed E-state index contributed by atoms with van der Waals surface area (Å²) < 4.78 is 15.5. The highest BCUT2D eigenvalue weighted by atomic mass is 32.2. The Balaban J connectivity index is 1.66. The molecule has 3 rings (SSSR count). The number of rotatable bonds is 4. The molecule has 22 heavy (non-hydrogen) atoms. The maximum absolute atomic E-state index is 13.7. The number of thioether (sulfide) groups is 1. The van der Waals surface area contributed by atoms with E-state index in [0.717, 1.165) is 17.5 Å². The number of hydrogen-bond donors (Lipinski definition) is 1. The molecular formula is C15H17FN4OS. The summed E-state index contributed by atoms with van der Waals surface area (Å²) in [5, 5.41) is 11.2. The van der Waals surface area contributed by atoms with E-state index < -0.39 is 0 Å². The van der Waals surface area contributed by atoms with Gasteiger partial charge >= 0.3 is 0 Å². The number of benzene rings is 1. The molecule has 0 fully saturated rings. The van der Waals surface area contributed by atoms with Gasteiger partial charge in [0.25, 0.3) is 0 Å². The van der Waals surface area contributed by atoms with Crippen LogP contribution in [0.5, 0.6) is 0 Å². The van der Waals surface area contributed by atoms with Gasteiger partial charge in [0.2, 0.25) is 5.91 Å². The molecular weight excluding hydrogens is 303 g/mol. The van der Waals surface area contributed by atoms with Gasteiger partial charge in [-0.05, 0) is 37.0 Å². The van der Waals surface area contributed by atoms with E-state index in [4.69, 9.17) is 0 Å². The van der Waals surface area contributed by atoms with Crippen molar-refractivity contribution in [3.63, 3.8) is 0 Å². The van der Waals surface area contributed by atoms with Gasteiger partial charge in [-0.2, -0.15) is 0 Å². The van der Waals surface area contributed by atoms with E-state index in [2.05, 4.69) is 15.5 Å². The fourth-order valence-corrected chi connectivity index (χ4v) is 3.44. The van der Waals surface area contributed by atoms with Crippen LogP contribution in [-0.4, -0.2) is 25.9 Å². The summed E-state index contributed by atoms with van der Waals surface area (Å²) in [4.78, 5) is 12.3. The third kappa shape index (κ3) is 2.85. The van der Waals surface area contributed by atoms with Crippen LogP contribution >= 0.6 is 11.8 Å². The van der Waals surface area contributed by atoms with Gasteiger partial charge in [-0.25, -0.2) is 4.39 Å². The zero-order valence-corrected chi connectivity index (χ0v) is 13.2. The van der Waals surface area contributed by atoms with Gasteiger partial charge in [-0.15, -0.1) is 10.2 Å². The standard InChI is InChI=1S/C15H17FN4OS/c1-9(22-15-19-17-8-20(15)2)14(21)18-13-7-6-10-11(13)4-3-5-12(10)16/h3-5,8-9,13H,6-7H2,1-2H3,(H,18,21)/t9-,13-/m0/s1. The highest BCUT2D eigenvalue weighted by Crippen LogP contribution is 2.33. The van der Waals surface area contributed by atoms with Gasteiger partial charge in [0.1, 0.15) is 12.1 Å². The van der Waals surface area contributed by atoms with E-state index in [1.807, 2.05) is 20.0 Å². The molecule has 1 aromatic carbocycles. The first-order valence-electron chi connectivity index (χ1n) is 7.14. The molecule has 1 aliphatic carbocycles. The van der Waals surface area contributed by atoms with Crippen molar-refractivity contribution in [3.8, 4) is 0 Å². The van der Waals surface area contributed by atoms with Crippen molar-refractivity contribution < 1.29 is 9.18 Å². The van der Waals surface area contributed by atoms with Crippen LogP contribution in [0.3, 0.4) is 0 Å². The van der Waals surface area contributed by atoms with Gasteiger partial charge in [0.05, 0.1) is 11.3 Å². The fourth-order valence-electron chi connectivity index (χ4n) is 2.64. The highest BCUT2D eigenvalue weighted by Gasteiger charge is 2.28. The van der Waals surface area contributed by atoms with E-state index in [9.17, 15) is 9.18 Å². The van der Waals surface area contributed by atoms with E-state index in [1.165, 1.54) is 17.8 Å². The molecule has 0 saturated carbocycles. The third-order valence-electron chi connectivity index (χ3n) is 3.85. The van der Waals surface area contributed by atoms with Crippen molar-refractivity contribution in [1.29, 1.82) is 0 Å². The summed E-state index contributed by atoms with van der Waals surface area (Å²) in [7, 11) is 1.84. The number of aromatic nitrogens is 3. The summed E-state index contributed by atoms with van der Waals surface area (Å²) in [6.45, 7) is 1.83. The van der Waals surface area contributed by atoms with Crippen LogP contribution in [0.25, 0.3) is 0 Å². The molecule has 0 spiro atoms. The topological polar surface area (TPSA) is 59.8 Å². The number of hydrogen-bond acceptors (Lipinski definition) is 4. The first-order valence-corrected chi connectivity index (χ1v) is 8.02. The lowest BCUT2D eigenvalue weighted by Crippen LogP contribution is -2.33. The zero-order chi connectivity index (χ0) is 15.7. The maximum atomic E-state index is 13.7. The van der Waals surface area contributed by atoms with Gasteiger partial charge in [-0.3, -0.25) is 4.79 Å². The number of fused-ring (bicyclic) bond motifs is 1. The quantitative estimate of drug-likeness (QED) is 0.878. The number of nitrogens with one attached hydrogen (secondary N) is 1. The summed E-state index contributed by atoms with van der Waals surface area (Å²) in [6, 6.07) is 4.93. The van der Waals surface area contributed by atoms with Crippen LogP contribution in [0.15, 0.2) is 29.7 Å². The molecule has 0 unspecified atom stereocenters. The van der Waals surface area contributed by atoms with Gasteiger partial charge in [0, 0.05) is 7.05 Å². The predicted molar refractivity (Wildman–Crippen MR) is 81.9 cm³/mol. The molecule has 1 aliphatic rings. The molecule has 1 aromatic heterocycles. The second-order valence-electron chi connectivity index (χ2n) is 5.39. The molecule has 116 valence electrons. The minimum Gasteiger partial charge on any atom is -0.348 e. The van der Waals surface area contributed by atoms with Gasteiger partial charge < -0.3 is 9.88 Å². The minimum absolute atomic E-state index is 0.0740. The molecule has 2 atom stereocenters. The number of carbonyl (C=O) groups excluding carboxylic acids is 1. The smallest absolute Gasteiger partial charge is 0.233 e. The van der Waals surface area contributed by atoms with Crippen LogP contribution < -0.4 is 5.32 Å². The molecule has 0 aliphatic heterocycles. The lowest BCUT2D eigenvalue weighted by Gasteiger charge is -2.17. The zero-order valence-electron chi connectivity index (χ0n) is 12.4. The van der Waals surface area contributed by atoms with E-state index in [-0.39, 0.29) is 23.0 Å². The molecule has 0 radical (unpaired) electrons. The molecule has 5 nitrogen and oxygen atoms in total. The molecule has 1 N–H and O–H groups in total. The Kier molecular flexibility index (Phi) is 4.15. The number of aryl methyl sites for hydroxylation is 1. The normalized spacial score (nSPS) is 18.0. The molecule has 2 aromatic rings. The summed E-state index contributed by atoms with van der Waals surface area (Å²) in [6.07, 6.45) is 3.00. The molecule has 1 heterocycles. The third-order valence-corrected chi connectivity index (χ3v) is 5.00. The Morgan fingerprint density at radius 1 is 1.55 bits per heavy atom. The van der Waals surface area contributed by atoms with Gasteiger partial charge in [0.15, 0.2) is 5.16 Å². The van der Waals surface area contributed by atoms with E-state index >= 15 is 0 Å². The average Bonchev–Trinajstić information content (AvgIpc) is 3.07. The Morgan fingerprint density at radius 2 is 2.36 bits per heavy atom.